The minimum Gasteiger partial charge on any atom is -0.744 e. The van der Waals surface area contributed by atoms with Crippen LogP contribution in [0, 0.1) is 58.4 Å². The smallest absolute Gasteiger partial charge is 0.203 e. The fraction of sp³-hybridized carbons (Fsp3) is 0.533. The molecule has 0 aliphatic heterocycles. The lowest BCUT2D eigenvalue weighted by Gasteiger charge is -2.26. The van der Waals surface area contributed by atoms with Crippen LogP contribution >= 0.6 is 0 Å². The zero-order chi connectivity index (χ0) is 98.2. The van der Waals surface area contributed by atoms with Gasteiger partial charge < -0.3 is 115 Å². The third-order valence-corrected chi connectivity index (χ3v) is 27.0. The second-order valence-corrected chi connectivity index (χ2v) is 36.8. The molecule has 0 fully saturated rings. The minimum atomic E-state index is -4.81. The van der Waals surface area contributed by atoms with Crippen molar-refractivity contribution < 1.29 is 165 Å². The van der Waals surface area contributed by atoms with Gasteiger partial charge in [-0.15, -0.1) is 0 Å². The van der Waals surface area contributed by atoms with Gasteiger partial charge in [-0.25, -0.2) is 50.5 Å². The molecule has 0 saturated carbocycles. The third-order valence-electron chi connectivity index (χ3n) is 21.4. The average Bonchev–Trinajstić information content (AvgIpc) is 0.773. The summed E-state index contributed by atoms with van der Waals surface area (Å²) in [7, 11) is -12.6. The Balaban J connectivity index is -0.000000358. The molecule has 6 rings (SSSR count). The zero-order valence-electron chi connectivity index (χ0n) is 83.3. The Kier molecular flexibility index (Phi) is 57.0. The summed E-state index contributed by atoms with van der Waals surface area (Å²) < 4.78 is 272. The molecule has 42 heteroatoms. The first-order valence-corrected chi connectivity index (χ1v) is 48.5. The molecule has 6 aromatic rings. The average molecular weight is 1990 g/mol. The number of benzene rings is 6. The lowest BCUT2D eigenvalue weighted by atomic mass is 9.93. The molecule has 6 aromatic carbocycles. The number of ether oxygens (including phenoxy) is 12. The van der Waals surface area contributed by atoms with E-state index in [1.807, 2.05) is 55.4 Å². The van der Waals surface area contributed by atoms with Crippen LogP contribution in [0.4, 0.5) is 0 Å². The highest BCUT2D eigenvalue weighted by Gasteiger charge is 2.37. The molecule has 0 aromatic heterocycles. The normalized spacial score (nSPS) is 12.5. The molecule has 0 spiro atoms. The molecule has 0 saturated heterocycles. The van der Waals surface area contributed by atoms with Gasteiger partial charge in [-0.1, -0.05) is 124 Å². The molecule has 0 bridgehead atoms. The van der Waals surface area contributed by atoms with Crippen molar-refractivity contribution in [2.24, 2.45) is 0 Å². The first-order chi connectivity index (χ1) is 58.4. The number of hydrogen-bond donors (Lipinski definition) is 6. The second kappa shape index (κ2) is 56.6. The van der Waals surface area contributed by atoms with Crippen LogP contribution in [0.1, 0.15) is 264 Å². The maximum Gasteiger partial charge on any atom is 0.203 e. The van der Waals surface area contributed by atoms with Gasteiger partial charge >= 0.3 is 0 Å². The minimum absolute atomic E-state index is 0. The maximum atomic E-state index is 11.8. The van der Waals surface area contributed by atoms with Crippen LogP contribution in [0.15, 0.2) is 29.4 Å². The first kappa shape index (κ1) is 133. The van der Waals surface area contributed by atoms with Gasteiger partial charge in [0.1, 0.15) is 92.6 Å². The predicted octanol–water partition coefficient (Wildman–Crippen LogP) is 17.3. The van der Waals surface area contributed by atoms with E-state index in [-0.39, 0.29) is 251 Å². The molecular weight excluding hydrogens is 1850 g/mol. The van der Waals surface area contributed by atoms with E-state index < -0.39 is 85.2 Å². The summed E-state index contributed by atoms with van der Waals surface area (Å²) in [6.45, 7) is 31.6. The number of rotatable bonds is 36. The number of aromatic hydroxyl groups is 6. The first-order valence-electron chi connectivity index (χ1n) is 40.0. The van der Waals surface area contributed by atoms with Crippen LogP contribution in [0.3, 0.4) is 0 Å². The molecule has 6 unspecified atom stereocenters. The fourth-order valence-electron chi connectivity index (χ4n) is 14.4. The van der Waals surface area contributed by atoms with Crippen molar-refractivity contribution in [3.05, 3.63) is 111 Å². The Morgan fingerprint density at radius 1 is 0.227 bits per heavy atom. The van der Waals surface area contributed by atoms with Crippen molar-refractivity contribution >= 4 is 60.7 Å². The Morgan fingerprint density at radius 2 is 0.417 bits per heavy atom. The highest BCUT2D eigenvalue weighted by Crippen LogP contribution is 2.56. The van der Waals surface area contributed by atoms with E-state index in [2.05, 4.69) is 0 Å². The van der Waals surface area contributed by atoms with Gasteiger partial charge in [0.15, 0.2) is 69.0 Å². The molecular formula is C90H144O36S6. The highest BCUT2D eigenvalue weighted by atomic mass is 32.2. The van der Waals surface area contributed by atoms with Gasteiger partial charge in [0, 0.05) is 111 Å². The molecule has 756 valence electrons. The van der Waals surface area contributed by atoms with Crippen molar-refractivity contribution in [3.8, 4) is 103 Å². The van der Waals surface area contributed by atoms with Crippen molar-refractivity contribution in [1.82, 2.24) is 0 Å². The molecule has 0 amide bonds. The summed E-state index contributed by atoms with van der Waals surface area (Å²) in [6, 6.07) is 0. The lowest BCUT2D eigenvalue weighted by Crippen LogP contribution is -2.13. The molecule has 0 aliphatic rings. The highest BCUT2D eigenvalue weighted by molar-refractivity contribution is 7.87. The number of methoxy groups -OCH3 is 12. The Hall–Kier alpha value is -9.60. The van der Waals surface area contributed by atoms with Crippen molar-refractivity contribution in [1.29, 1.82) is 0 Å². The van der Waals surface area contributed by atoms with Gasteiger partial charge in [-0.05, 0) is 114 Å². The Bertz CT molecular complexity index is 5350. The molecule has 0 heterocycles. The van der Waals surface area contributed by atoms with Crippen LogP contribution in [-0.4, -0.2) is 194 Å². The Morgan fingerprint density at radius 3 is 0.652 bits per heavy atom. The van der Waals surface area contributed by atoms with Gasteiger partial charge in [-0.3, -0.25) is 0 Å². The molecule has 6 atom stereocenters. The third kappa shape index (κ3) is 29.7. The predicted molar refractivity (Wildman–Crippen MR) is 502 cm³/mol. The monoisotopic (exact) mass is 1990 g/mol. The summed E-state index contributed by atoms with van der Waals surface area (Å²) in [6.07, 6.45) is 6.00. The van der Waals surface area contributed by atoms with Gasteiger partial charge in [0.2, 0.25) is 17.2 Å². The van der Waals surface area contributed by atoms with Crippen LogP contribution in [-0.2, 0) is 86.4 Å². The van der Waals surface area contributed by atoms with E-state index in [1.54, 1.807) is 55.4 Å². The van der Waals surface area contributed by atoms with E-state index in [0.717, 1.165) is 0 Å². The summed E-state index contributed by atoms with van der Waals surface area (Å²) in [5, 5.41) is 62.2. The number of phenols is 6. The molecule has 6 N–H and O–H groups in total. The molecule has 36 nitrogen and oxygen atoms in total. The largest absolute Gasteiger partial charge is 0.744 e. The van der Waals surface area contributed by atoms with Gasteiger partial charge in [-0.2, -0.15) is 0 Å². The molecule has 132 heavy (non-hydrogen) atoms. The van der Waals surface area contributed by atoms with Crippen molar-refractivity contribution in [2.75, 3.05) is 85.3 Å². The van der Waals surface area contributed by atoms with Crippen LogP contribution in [0.25, 0.3) is 0 Å². The zero-order valence-corrected chi connectivity index (χ0v) is 88.2. The van der Waals surface area contributed by atoms with Crippen LogP contribution in [0.2, 0.25) is 0 Å². The van der Waals surface area contributed by atoms with Crippen molar-refractivity contribution in [3.63, 3.8) is 0 Å². The van der Waals surface area contributed by atoms with E-state index >= 15 is 0 Å². The lowest BCUT2D eigenvalue weighted by molar-refractivity contribution is 0.324. The molecule has 0 aliphatic carbocycles. The number of hydrogen-bond acceptors (Lipinski definition) is 36. The summed E-state index contributed by atoms with van der Waals surface area (Å²) in [5.74, 6) is -3.26. The summed E-state index contributed by atoms with van der Waals surface area (Å²) in [4.78, 5) is -2.68. The fourth-order valence-corrected chi connectivity index (χ4v) is 20.6. The number of phenolic OH excluding ortho intramolecular Hbond substituents is 6. The van der Waals surface area contributed by atoms with Crippen LogP contribution < -0.4 is 56.8 Å². The van der Waals surface area contributed by atoms with Crippen molar-refractivity contribution in [2.45, 2.75) is 267 Å². The summed E-state index contributed by atoms with van der Waals surface area (Å²) in [5.41, 5.74) is 2.12. The Labute approximate surface area is 787 Å². The van der Waals surface area contributed by atoms with Gasteiger partial charge in [0.05, 0.1) is 100 Å². The van der Waals surface area contributed by atoms with E-state index in [0.29, 0.717) is 81.8 Å². The summed E-state index contributed by atoms with van der Waals surface area (Å²) >= 11 is 0. The SMILES string of the molecule is CCC(C)c1c(O)c(OC)c(C)c(OC)c1S(=O)(=O)[O-].CCC(C)c1c(O)c(OC)c(OC)c(C)c1S(=O)(=O)[O-].CCCc1c(OC)c(O)c(C(C)CC)c(S(=O)(=O)[O-])c1OC.CCCc1c(OC)c(OC)c(O)c(C(C)CC)c1S(=O)(=O)[O-].CCc1c(OC)c(O)c(C(C)CC)c(S(=O)(=O)[O-])c1OC.CCc1c(OC)c(OC)c(O)c(C(C)CC)c1S(=O)(=O)[O-].[CH3+].[CH3+].[CH3+].[CH3+].[CH3+].[CH3+]. The maximum absolute atomic E-state index is 11.8. The van der Waals surface area contributed by atoms with E-state index in [1.165, 1.54) is 99.2 Å². The second-order valence-electron chi connectivity index (χ2n) is 28.9. The van der Waals surface area contributed by atoms with E-state index in [9.17, 15) is 108 Å². The standard InChI is InChI=1S/2C15H24O6S.2C14H22O6S.2C13H20O6S.6CH3/c1-6-8-10-13(20-4)14(21-5)12(16)11(9(3)7-2)15(10)22(17,18)19;1-6-8-10-13(20-4)12(16)11(9(3)7-2)15(14(10)21-5)22(17,18)19;1-6-8(3)10-11(15)13(20-5)12(19-4)9(7-2)14(10)21(16,17)18;1-6-8(3)10-11(15)12(19-4)9(7-2)13(20-5)14(10)21(16,17)18;1-6-7(2)9-10(14)12(19-5)11(18-4)8(3)13(9)20(15,16)17;1-6-7(2)9-10(14)11(18-4)8(3)12(19-5)13(9)20(15,16)17;;;;;;/h2*9,16H,6-8H2,1-5H3,(H,17,18,19);2*8,15H,6-7H2,1-5H3,(H,16,17,18);2*7,14H,6H2,1-5H3,(H,15,16,17);6*1H3/q;;;;;;6*+1/p-6. The van der Waals surface area contributed by atoms with Crippen LogP contribution in [0.5, 0.6) is 103 Å². The molecule has 0 radical (unpaired) electrons. The van der Waals surface area contributed by atoms with E-state index in [4.69, 9.17) is 56.8 Å². The topological polar surface area (TPSA) is 575 Å². The quantitative estimate of drug-likeness (QED) is 0.0157. The van der Waals surface area contributed by atoms with Gasteiger partial charge in [0.25, 0.3) is 0 Å².